The van der Waals surface area contributed by atoms with Crippen LogP contribution in [0.3, 0.4) is 0 Å². The average molecular weight is 226 g/mol. The van der Waals surface area contributed by atoms with E-state index in [0.29, 0.717) is 6.54 Å². The summed E-state index contributed by atoms with van der Waals surface area (Å²) in [6.45, 7) is 2.35. The van der Waals surface area contributed by atoms with Gasteiger partial charge in [-0.2, -0.15) is 0 Å². The predicted molar refractivity (Wildman–Crippen MR) is 57.8 cm³/mol. The maximum absolute atomic E-state index is 11.7. The minimum Gasteiger partial charge on any atom is -0.379 e. The van der Waals surface area contributed by atoms with Gasteiger partial charge < -0.3 is 9.64 Å². The van der Waals surface area contributed by atoms with Crippen molar-refractivity contribution in [3.63, 3.8) is 0 Å². The topological polar surface area (TPSA) is 58.6 Å². The zero-order valence-electron chi connectivity index (χ0n) is 9.73. The summed E-state index contributed by atoms with van der Waals surface area (Å²) in [5, 5.41) is 2.39. The minimum absolute atomic E-state index is 0.117. The van der Waals surface area contributed by atoms with Gasteiger partial charge in [0.2, 0.25) is 5.91 Å². The lowest BCUT2D eigenvalue weighted by atomic mass is 10.1. The van der Waals surface area contributed by atoms with E-state index in [-0.39, 0.29) is 30.0 Å². The van der Waals surface area contributed by atoms with Gasteiger partial charge in [0.05, 0.1) is 18.1 Å². The van der Waals surface area contributed by atoms with Crippen LogP contribution in [0.1, 0.15) is 26.2 Å². The van der Waals surface area contributed by atoms with Crippen molar-refractivity contribution in [2.24, 2.45) is 5.92 Å². The van der Waals surface area contributed by atoms with E-state index >= 15 is 0 Å². The third-order valence-corrected chi connectivity index (χ3v) is 3.53. The summed E-state index contributed by atoms with van der Waals surface area (Å²) in [4.78, 5) is 24.8. The van der Waals surface area contributed by atoms with Crippen LogP contribution in [0.25, 0.3) is 0 Å². The van der Waals surface area contributed by atoms with Crippen LogP contribution < -0.4 is 5.32 Å². The Morgan fingerprint density at radius 1 is 1.38 bits per heavy atom. The molecule has 0 aromatic carbocycles. The Kier molecular flexibility index (Phi) is 3.14. The first-order valence-corrected chi connectivity index (χ1v) is 5.77. The van der Waals surface area contributed by atoms with E-state index in [0.717, 1.165) is 19.3 Å². The molecule has 0 radical (unpaired) electrons. The second-order valence-electron chi connectivity index (χ2n) is 4.62. The van der Waals surface area contributed by atoms with Gasteiger partial charge in [0.1, 0.15) is 0 Å². The van der Waals surface area contributed by atoms with E-state index in [1.807, 2.05) is 6.92 Å². The van der Waals surface area contributed by atoms with Crippen molar-refractivity contribution in [1.82, 2.24) is 10.2 Å². The smallest absolute Gasteiger partial charge is 0.324 e. The lowest BCUT2D eigenvalue weighted by Crippen LogP contribution is -2.58. The zero-order chi connectivity index (χ0) is 11.7. The number of hydrogen-bond acceptors (Lipinski definition) is 3. The predicted octanol–water partition coefficient (Wildman–Crippen LogP) is 0.742. The van der Waals surface area contributed by atoms with Gasteiger partial charge >= 0.3 is 6.03 Å². The first-order chi connectivity index (χ1) is 7.63. The second-order valence-corrected chi connectivity index (χ2v) is 4.62. The molecular weight excluding hydrogens is 208 g/mol. The number of urea groups is 1. The maximum atomic E-state index is 11.7. The Labute approximate surface area is 95.1 Å². The van der Waals surface area contributed by atoms with Crippen molar-refractivity contribution in [3.05, 3.63) is 0 Å². The highest BCUT2D eigenvalue weighted by Gasteiger charge is 2.39. The molecular formula is C11H18N2O3. The third-order valence-electron chi connectivity index (χ3n) is 3.53. The fourth-order valence-electron chi connectivity index (χ4n) is 2.59. The molecule has 1 saturated heterocycles. The lowest BCUT2D eigenvalue weighted by molar-refractivity contribution is -0.126. The first kappa shape index (κ1) is 11.4. The first-order valence-electron chi connectivity index (χ1n) is 5.77. The van der Waals surface area contributed by atoms with Crippen LogP contribution >= 0.6 is 0 Å². The highest BCUT2D eigenvalue weighted by atomic mass is 16.5. The van der Waals surface area contributed by atoms with E-state index in [2.05, 4.69) is 5.32 Å². The molecule has 3 amide bonds. The van der Waals surface area contributed by atoms with Gasteiger partial charge in [-0.25, -0.2) is 4.79 Å². The van der Waals surface area contributed by atoms with E-state index in [1.54, 1.807) is 12.0 Å². The molecule has 1 aliphatic heterocycles. The summed E-state index contributed by atoms with van der Waals surface area (Å²) in [5.41, 5.74) is 0. The fourth-order valence-corrected chi connectivity index (χ4v) is 2.59. The molecule has 1 aliphatic carbocycles. The largest absolute Gasteiger partial charge is 0.379 e. The Hall–Kier alpha value is -1.10. The molecule has 0 aromatic heterocycles. The van der Waals surface area contributed by atoms with Crippen molar-refractivity contribution < 1.29 is 14.3 Å². The van der Waals surface area contributed by atoms with Gasteiger partial charge in [0, 0.05) is 13.7 Å². The number of methoxy groups -OCH3 is 1. The molecule has 1 saturated carbocycles. The number of carbonyl (C=O) groups is 2. The molecule has 16 heavy (non-hydrogen) atoms. The monoisotopic (exact) mass is 226 g/mol. The van der Waals surface area contributed by atoms with E-state index in [9.17, 15) is 9.59 Å². The van der Waals surface area contributed by atoms with Crippen LogP contribution in [0.5, 0.6) is 0 Å². The Morgan fingerprint density at radius 2 is 2.12 bits per heavy atom. The molecule has 3 atom stereocenters. The van der Waals surface area contributed by atoms with Crippen molar-refractivity contribution in [2.45, 2.75) is 38.3 Å². The van der Waals surface area contributed by atoms with E-state index in [1.165, 1.54) is 0 Å². The third kappa shape index (κ3) is 1.91. The van der Waals surface area contributed by atoms with Crippen molar-refractivity contribution in [2.75, 3.05) is 13.7 Å². The number of hydrogen-bond donors (Lipinski definition) is 1. The van der Waals surface area contributed by atoms with Crippen LogP contribution in [-0.2, 0) is 9.53 Å². The van der Waals surface area contributed by atoms with Crippen LogP contribution in [0, 0.1) is 5.92 Å². The molecule has 90 valence electrons. The number of rotatable bonds is 2. The Morgan fingerprint density at radius 3 is 2.81 bits per heavy atom. The number of imide groups is 1. The number of ether oxygens (including phenoxy) is 1. The van der Waals surface area contributed by atoms with Gasteiger partial charge in [0.15, 0.2) is 0 Å². The molecule has 3 unspecified atom stereocenters. The van der Waals surface area contributed by atoms with Crippen LogP contribution in [-0.4, -0.2) is 42.6 Å². The summed E-state index contributed by atoms with van der Waals surface area (Å²) in [5.74, 6) is -0.302. The molecule has 0 spiro atoms. The molecule has 2 aliphatic rings. The molecule has 1 N–H and O–H groups in total. The molecule has 1 heterocycles. The van der Waals surface area contributed by atoms with Gasteiger partial charge in [-0.05, 0) is 19.3 Å². The lowest BCUT2D eigenvalue weighted by Gasteiger charge is -2.37. The molecule has 0 aromatic rings. The van der Waals surface area contributed by atoms with Gasteiger partial charge in [-0.15, -0.1) is 0 Å². The highest BCUT2D eigenvalue weighted by molar-refractivity contribution is 5.97. The molecule has 5 heteroatoms. The van der Waals surface area contributed by atoms with Gasteiger partial charge in [-0.1, -0.05) is 6.92 Å². The summed E-state index contributed by atoms with van der Waals surface area (Å²) in [6.07, 6.45) is 3.15. The number of carbonyl (C=O) groups excluding carboxylic acids is 2. The molecule has 2 rings (SSSR count). The van der Waals surface area contributed by atoms with Gasteiger partial charge in [-0.3, -0.25) is 10.1 Å². The van der Waals surface area contributed by atoms with E-state index in [4.69, 9.17) is 4.74 Å². The van der Waals surface area contributed by atoms with Crippen LogP contribution in [0.15, 0.2) is 0 Å². The summed E-state index contributed by atoms with van der Waals surface area (Å²) in [7, 11) is 1.68. The second kappa shape index (κ2) is 4.41. The number of nitrogens with one attached hydrogen (secondary N) is 1. The minimum atomic E-state index is -0.267. The Balaban J connectivity index is 2.08. The molecule has 5 nitrogen and oxygen atoms in total. The van der Waals surface area contributed by atoms with Crippen molar-refractivity contribution in [3.8, 4) is 0 Å². The zero-order valence-corrected chi connectivity index (χ0v) is 9.73. The van der Waals surface area contributed by atoms with Crippen LogP contribution in [0.4, 0.5) is 4.79 Å². The Bertz CT molecular complexity index is 306. The normalized spacial score (nSPS) is 35.4. The SMILES string of the molecule is COC1CCCC1N1CC(C)C(=O)NC1=O. The quantitative estimate of drug-likeness (QED) is 0.755. The fraction of sp³-hybridized carbons (Fsp3) is 0.818. The highest BCUT2D eigenvalue weighted by Crippen LogP contribution is 2.28. The van der Waals surface area contributed by atoms with Gasteiger partial charge in [0.25, 0.3) is 0 Å². The average Bonchev–Trinajstić information content (AvgIpc) is 2.71. The van der Waals surface area contributed by atoms with Crippen LogP contribution in [0.2, 0.25) is 0 Å². The standard InChI is InChI=1S/C11H18N2O3/c1-7-6-13(11(15)12-10(7)14)8-4-3-5-9(8)16-2/h7-9H,3-6H2,1-2H3,(H,12,14,15). The summed E-state index contributed by atoms with van der Waals surface area (Å²) in [6, 6.07) is -0.141. The molecule has 0 bridgehead atoms. The van der Waals surface area contributed by atoms with E-state index < -0.39 is 0 Å². The summed E-state index contributed by atoms with van der Waals surface area (Å²) >= 11 is 0. The number of amides is 3. The van der Waals surface area contributed by atoms with Crippen molar-refractivity contribution >= 4 is 11.9 Å². The summed E-state index contributed by atoms with van der Waals surface area (Å²) < 4.78 is 5.38. The number of nitrogens with zero attached hydrogens (tertiary/aromatic N) is 1. The maximum Gasteiger partial charge on any atom is 0.324 e. The molecule has 2 fully saturated rings. The van der Waals surface area contributed by atoms with Crippen molar-refractivity contribution in [1.29, 1.82) is 0 Å².